The zero-order chi connectivity index (χ0) is 9.80. The smallest absolute Gasteiger partial charge is 0.189 e. The third kappa shape index (κ3) is 2.40. The van der Waals surface area contributed by atoms with Crippen LogP contribution in [0, 0.1) is 0 Å². The van der Waals surface area contributed by atoms with Gasteiger partial charge in [0.2, 0.25) is 0 Å². The molecule has 3 N–H and O–H groups in total. The van der Waals surface area contributed by atoms with Crippen LogP contribution in [0.25, 0.3) is 0 Å². The lowest BCUT2D eigenvalue weighted by Crippen LogP contribution is -2.37. The van der Waals surface area contributed by atoms with Gasteiger partial charge < -0.3 is 11.1 Å². The number of nitrogens with two attached hydrogens (primary N) is 1. The number of fused-ring (bicyclic) bond motifs is 1. The minimum Gasteiger partial charge on any atom is -0.370 e. The van der Waals surface area contributed by atoms with E-state index in [1.54, 1.807) is 0 Å². The van der Waals surface area contributed by atoms with Crippen molar-refractivity contribution in [2.24, 2.45) is 10.7 Å². The third-order valence-electron chi connectivity index (χ3n) is 3.37. The monoisotopic (exact) mass is 195 g/mol. The first-order valence-electron chi connectivity index (χ1n) is 5.96. The van der Waals surface area contributed by atoms with Crippen LogP contribution in [0.4, 0.5) is 0 Å². The summed E-state index contributed by atoms with van der Waals surface area (Å²) in [6, 6.07) is 1.00. The first-order valence-corrected chi connectivity index (χ1v) is 5.96. The molecule has 0 bridgehead atoms. The Morgan fingerprint density at radius 1 is 1.00 bits per heavy atom. The first-order chi connectivity index (χ1) is 6.86. The van der Waals surface area contributed by atoms with Crippen molar-refractivity contribution in [3.8, 4) is 0 Å². The van der Waals surface area contributed by atoms with E-state index in [-0.39, 0.29) is 0 Å². The molecule has 0 aromatic carbocycles. The molecule has 0 saturated heterocycles. The molecule has 3 nitrogen and oxygen atoms in total. The van der Waals surface area contributed by atoms with Crippen LogP contribution in [0.3, 0.4) is 0 Å². The lowest BCUT2D eigenvalue weighted by atomic mass is 9.95. The standard InChI is InChI=1S/C11H21N3/c12-11-13-9-7-5-3-1-2-4-6-8-10(9)14-11/h9-10H,1-8H2,(H3,12,13,14)/t9-,10?/m1/s1. The predicted octanol–water partition coefficient (Wildman–Crippen LogP) is 1.78. The van der Waals surface area contributed by atoms with Gasteiger partial charge in [0.1, 0.15) is 0 Å². The summed E-state index contributed by atoms with van der Waals surface area (Å²) < 4.78 is 0. The van der Waals surface area contributed by atoms with Crippen LogP contribution in [0.2, 0.25) is 0 Å². The van der Waals surface area contributed by atoms with Crippen molar-refractivity contribution in [1.29, 1.82) is 0 Å². The van der Waals surface area contributed by atoms with Gasteiger partial charge in [0.25, 0.3) is 0 Å². The summed E-state index contributed by atoms with van der Waals surface area (Å²) in [4.78, 5) is 4.47. The Balaban J connectivity index is 1.90. The number of hydrogen-bond acceptors (Lipinski definition) is 3. The van der Waals surface area contributed by atoms with Crippen molar-refractivity contribution < 1.29 is 0 Å². The molecule has 0 amide bonds. The second kappa shape index (κ2) is 4.67. The topological polar surface area (TPSA) is 50.4 Å². The highest BCUT2D eigenvalue weighted by molar-refractivity contribution is 5.80. The molecule has 1 aliphatic carbocycles. The average Bonchev–Trinajstić information content (AvgIpc) is 2.52. The Hall–Kier alpha value is -0.730. The minimum absolute atomic E-state index is 0.466. The molecule has 0 aromatic heterocycles. The molecule has 2 rings (SSSR count). The molecule has 3 heteroatoms. The molecule has 1 unspecified atom stereocenters. The summed E-state index contributed by atoms with van der Waals surface area (Å²) in [7, 11) is 0. The number of rotatable bonds is 0. The highest BCUT2D eigenvalue weighted by Gasteiger charge is 2.26. The molecule has 0 spiro atoms. The van der Waals surface area contributed by atoms with E-state index in [0.717, 1.165) is 0 Å². The molecule has 1 heterocycles. The van der Waals surface area contributed by atoms with E-state index in [1.807, 2.05) is 0 Å². The summed E-state index contributed by atoms with van der Waals surface area (Å²) >= 11 is 0. The lowest BCUT2D eigenvalue weighted by molar-refractivity contribution is 0.413. The Labute approximate surface area is 86.2 Å². The Morgan fingerprint density at radius 2 is 1.64 bits per heavy atom. The fourth-order valence-electron chi connectivity index (χ4n) is 2.55. The maximum atomic E-state index is 5.71. The van der Waals surface area contributed by atoms with Gasteiger partial charge in [0.15, 0.2) is 5.96 Å². The molecule has 80 valence electrons. The molecule has 2 aliphatic rings. The molecule has 1 aliphatic heterocycles. The van der Waals surface area contributed by atoms with Crippen molar-refractivity contribution in [3.05, 3.63) is 0 Å². The number of hydrogen-bond donors (Lipinski definition) is 2. The summed E-state index contributed by atoms with van der Waals surface area (Å²) in [6.45, 7) is 0. The zero-order valence-electron chi connectivity index (χ0n) is 8.84. The summed E-state index contributed by atoms with van der Waals surface area (Å²) in [5.41, 5.74) is 5.71. The number of guanidine groups is 1. The first kappa shape index (κ1) is 9.81. The maximum Gasteiger partial charge on any atom is 0.189 e. The second-order valence-corrected chi connectivity index (χ2v) is 4.53. The van der Waals surface area contributed by atoms with Gasteiger partial charge in [-0.2, -0.15) is 0 Å². The normalized spacial score (nSPS) is 34.1. The van der Waals surface area contributed by atoms with E-state index in [9.17, 15) is 0 Å². The van der Waals surface area contributed by atoms with Crippen LogP contribution < -0.4 is 11.1 Å². The van der Waals surface area contributed by atoms with E-state index < -0.39 is 0 Å². The van der Waals surface area contributed by atoms with E-state index >= 15 is 0 Å². The minimum atomic E-state index is 0.466. The fraction of sp³-hybridized carbons (Fsp3) is 0.909. The quantitative estimate of drug-likeness (QED) is 0.619. The molecular formula is C11H21N3. The van der Waals surface area contributed by atoms with Gasteiger partial charge in [-0.3, -0.25) is 0 Å². The van der Waals surface area contributed by atoms with E-state index in [2.05, 4.69) is 10.3 Å². The summed E-state index contributed by atoms with van der Waals surface area (Å²) in [5.74, 6) is 0.666. The van der Waals surface area contributed by atoms with E-state index in [1.165, 1.54) is 51.4 Å². The van der Waals surface area contributed by atoms with Gasteiger partial charge in [0, 0.05) is 0 Å². The fourth-order valence-corrected chi connectivity index (χ4v) is 2.55. The number of nitrogens with zero attached hydrogens (tertiary/aromatic N) is 1. The molecule has 1 saturated carbocycles. The van der Waals surface area contributed by atoms with E-state index in [0.29, 0.717) is 18.0 Å². The lowest BCUT2D eigenvalue weighted by Gasteiger charge is -2.19. The molecule has 14 heavy (non-hydrogen) atoms. The van der Waals surface area contributed by atoms with Crippen LogP contribution in [0.1, 0.15) is 51.4 Å². The summed E-state index contributed by atoms with van der Waals surface area (Å²) in [5, 5.41) is 3.30. The van der Waals surface area contributed by atoms with Crippen molar-refractivity contribution in [2.75, 3.05) is 0 Å². The van der Waals surface area contributed by atoms with Gasteiger partial charge in [0.05, 0.1) is 12.1 Å². The van der Waals surface area contributed by atoms with Crippen molar-refractivity contribution >= 4 is 5.96 Å². The van der Waals surface area contributed by atoms with Crippen molar-refractivity contribution in [3.63, 3.8) is 0 Å². The molecule has 0 aromatic rings. The van der Waals surface area contributed by atoms with Crippen molar-refractivity contribution in [2.45, 2.75) is 63.5 Å². The van der Waals surface area contributed by atoms with Crippen LogP contribution in [-0.4, -0.2) is 18.0 Å². The van der Waals surface area contributed by atoms with Crippen molar-refractivity contribution in [1.82, 2.24) is 5.32 Å². The van der Waals surface area contributed by atoms with Gasteiger partial charge in [-0.25, -0.2) is 4.99 Å². The Bertz CT molecular complexity index is 213. The van der Waals surface area contributed by atoms with Gasteiger partial charge >= 0.3 is 0 Å². The Kier molecular flexibility index (Phi) is 3.27. The molecule has 1 fully saturated rings. The maximum absolute atomic E-state index is 5.71. The predicted molar refractivity (Wildman–Crippen MR) is 59.3 cm³/mol. The number of nitrogens with one attached hydrogen (secondary N) is 1. The van der Waals surface area contributed by atoms with Gasteiger partial charge in [-0.15, -0.1) is 0 Å². The zero-order valence-corrected chi connectivity index (χ0v) is 8.84. The molecule has 0 radical (unpaired) electrons. The summed E-state index contributed by atoms with van der Waals surface area (Å²) in [6.07, 6.45) is 10.7. The highest BCUT2D eigenvalue weighted by Crippen LogP contribution is 2.21. The van der Waals surface area contributed by atoms with E-state index in [4.69, 9.17) is 5.73 Å². The molecular weight excluding hydrogens is 174 g/mol. The molecule has 2 atom stereocenters. The largest absolute Gasteiger partial charge is 0.370 e. The van der Waals surface area contributed by atoms with Crippen LogP contribution >= 0.6 is 0 Å². The SMILES string of the molecule is NC1=N[C@@H]2CCCCCCCCC2N1. The third-order valence-corrected chi connectivity index (χ3v) is 3.37. The van der Waals surface area contributed by atoms with Crippen LogP contribution in [-0.2, 0) is 0 Å². The average molecular weight is 195 g/mol. The van der Waals surface area contributed by atoms with Crippen LogP contribution in [0.5, 0.6) is 0 Å². The van der Waals surface area contributed by atoms with Gasteiger partial charge in [-0.05, 0) is 12.8 Å². The Morgan fingerprint density at radius 3 is 2.43 bits per heavy atom. The second-order valence-electron chi connectivity index (χ2n) is 4.53. The highest BCUT2D eigenvalue weighted by atomic mass is 15.2. The van der Waals surface area contributed by atoms with Crippen LogP contribution in [0.15, 0.2) is 4.99 Å². The number of aliphatic imine (C=N–C) groups is 1. The van der Waals surface area contributed by atoms with Gasteiger partial charge in [-0.1, -0.05) is 38.5 Å².